The molecule has 1 amide bonds. The first-order chi connectivity index (χ1) is 11.7. The number of nitrogens with one attached hydrogen (secondary N) is 1. The molecule has 5 nitrogen and oxygen atoms in total. The predicted molar refractivity (Wildman–Crippen MR) is 105 cm³/mol. The number of carbonyl (C=O) groups excluding carboxylic acids is 1. The zero-order valence-corrected chi connectivity index (χ0v) is 17.1. The summed E-state index contributed by atoms with van der Waals surface area (Å²) in [5.41, 5.74) is 0.494. The van der Waals surface area contributed by atoms with E-state index in [0.29, 0.717) is 11.6 Å². The molecule has 2 aromatic rings. The quantitative estimate of drug-likeness (QED) is 0.696. The second-order valence-electron chi connectivity index (χ2n) is 6.59. The van der Waals surface area contributed by atoms with E-state index in [-0.39, 0.29) is 11.8 Å². The van der Waals surface area contributed by atoms with Crippen LogP contribution in [0.1, 0.15) is 39.3 Å². The normalized spacial score (nSPS) is 13.1. The maximum Gasteiger partial charge on any atom is 0.235 e. The summed E-state index contributed by atoms with van der Waals surface area (Å²) in [6.07, 6.45) is 1.85. The van der Waals surface area contributed by atoms with Crippen molar-refractivity contribution in [2.24, 2.45) is 5.92 Å². The summed E-state index contributed by atoms with van der Waals surface area (Å²) in [5, 5.41) is 7.28. The van der Waals surface area contributed by atoms with E-state index in [9.17, 15) is 13.2 Å². The highest BCUT2D eigenvalue weighted by Gasteiger charge is 2.20. The van der Waals surface area contributed by atoms with Crippen LogP contribution in [0.25, 0.3) is 9.88 Å². The zero-order valence-electron chi connectivity index (χ0n) is 14.7. The van der Waals surface area contributed by atoms with Crippen molar-refractivity contribution in [2.45, 2.75) is 45.4 Å². The van der Waals surface area contributed by atoms with Crippen LogP contribution in [0.15, 0.2) is 22.9 Å². The largest absolute Gasteiger partial charge is 0.353 e. The lowest BCUT2D eigenvalue weighted by molar-refractivity contribution is -0.119. The molecule has 0 aliphatic rings. The van der Waals surface area contributed by atoms with Crippen LogP contribution in [0.5, 0.6) is 0 Å². The number of rotatable bonds is 9. The number of hydrogen-bond donors (Lipinski definition) is 1. The Balaban J connectivity index is 1.88. The number of carbonyl (C=O) groups is 1. The van der Waals surface area contributed by atoms with Gasteiger partial charge in [-0.15, -0.1) is 22.7 Å². The highest BCUT2D eigenvalue weighted by Crippen LogP contribution is 2.28. The SMILES string of the molecule is CC(C)CC[C@H](C)NC(=O)CS(=O)(=O)Cc1csc(-c2cccs2)n1. The monoisotopic (exact) mass is 400 g/mol. The highest BCUT2D eigenvalue weighted by molar-refractivity contribution is 7.91. The molecule has 0 aliphatic carbocycles. The molecule has 8 heteroatoms. The van der Waals surface area contributed by atoms with Crippen molar-refractivity contribution < 1.29 is 13.2 Å². The Morgan fingerprint density at radius 3 is 2.64 bits per heavy atom. The van der Waals surface area contributed by atoms with Gasteiger partial charge in [0, 0.05) is 11.4 Å². The molecule has 2 rings (SSSR count). The number of hydrogen-bond acceptors (Lipinski definition) is 6. The van der Waals surface area contributed by atoms with Crippen LogP contribution in [0.3, 0.4) is 0 Å². The molecule has 0 fully saturated rings. The van der Waals surface area contributed by atoms with Crippen molar-refractivity contribution in [2.75, 3.05) is 5.75 Å². The van der Waals surface area contributed by atoms with Crippen LogP contribution in [0, 0.1) is 5.92 Å². The van der Waals surface area contributed by atoms with Gasteiger partial charge >= 0.3 is 0 Å². The molecular formula is C17H24N2O3S3. The Labute approximate surface area is 157 Å². The van der Waals surface area contributed by atoms with Gasteiger partial charge in [0.2, 0.25) is 5.91 Å². The van der Waals surface area contributed by atoms with E-state index in [2.05, 4.69) is 24.1 Å². The minimum Gasteiger partial charge on any atom is -0.353 e. The van der Waals surface area contributed by atoms with Gasteiger partial charge in [-0.2, -0.15) is 0 Å². The first-order valence-corrected chi connectivity index (χ1v) is 11.8. The molecule has 0 spiro atoms. The van der Waals surface area contributed by atoms with Crippen molar-refractivity contribution in [3.63, 3.8) is 0 Å². The molecule has 0 aromatic carbocycles. The summed E-state index contributed by atoms with van der Waals surface area (Å²) in [4.78, 5) is 17.4. The van der Waals surface area contributed by atoms with E-state index in [0.717, 1.165) is 22.7 Å². The summed E-state index contributed by atoms with van der Waals surface area (Å²) >= 11 is 2.99. The van der Waals surface area contributed by atoms with Gasteiger partial charge < -0.3 is 5.32 Å². The minimum atomic E-state index is -3.53. The highest BCUT2D eigenvalue weighted by atomic mass is 32.2. The average molecular weight is 401 g/mol. The van der Waals surface area contributed by atoms with E-state index in [1.807, 2.05) is 24.4 Å². The molecule has 0 saturated carbocycles. The molecule has 2 heterocycles. The van der Waals surface area contributed by atoms with Gasteiger partial charge in [0.15, 0.2) is 9.84 Å². The molecule has 25 heavy (non-hydrogen) atoms. The average Bonchev–Trinajstić information content (AvgIpc) is 3.14. The van der Waals surface area contributed by atoms with Gasteiger partial charge in [0.25, 0.3) is 0 Å². The van der Waals surface area contributed by atoms with E-state index >= 15 is 0 Å². The lowest BCUT2D eigenvalue weighted by atomic mass is 10.0. The van der Waals surface area contributed by atoms with Gasteiger partial charge in [0.05, 0.1) is 16.3 Å². The summed E-state index contributed by atoms with van der Waals surface area (Å²) in [5.74, 6) is -0.580. The second kappa shape index (κ2) is 8.91. The third kappa shape index (κ3) is 6.87. The van der Waals surface area contributed by atoms with Crippen LogP contribution >= 0.6 is 22.7 Å². The van der Waals surface area contributed by atoms with Crippen molar-refractivity contribution in [1.29, 1.82) is 0 Å². The molecule has 138 valence electrons. The van der Waals surface area contributed by atoms with Crippen LogP contribution < -0.4 is 5.32 Å². The molecule has 1 N–H and O–H groups in total. The number of thiophene rings is 1. The predicted octanol–water partition coefficient (Wildman–Crippen LogP) is 3.73. The molecule has 0 aliphatic heterocycles. The van der Waals surface area contributed by atoms with E-state index in [1.165, 1.54) is 11.3 Å². The third-order valence-corrected chi connectivity index (χ3v) is 6.95. The fourth-order valence-electron chi connectivity index (χ4n) is 2.33. The first-order valence-electron chi connectivity index (χ1n) is 8.23. The molecule has 0 saturated heterocycles. The Hall–Kier alpha value is -1.25. The maximum atomic E-state index is 12.3. The van der Waals surface area contributed by atoms with E-state index in [1.54, 1.807) is 16.7 Å². The molecule has 0 bridgehead atoms. The smallest absolute Gasteiger partial charge is 0.235 e. The fraction of sp³-hybridized carbons (Fsp3) is 0.529. The third-order valence-electron chi connectivity index (χ3n) is 3.59. The Kier molecular flexibility index (Phi) is 7.15. The topological polar surface area (TPSA) is 76.1 Å². The van der Waals surface area contributed by atoms with Crippen molar-refractivity contribution in [3.05, 3.63) is 28.6 Å². The second-order valence-corrected chi connectivity index (χ2v) is 10.5. The number of sulfone groups is 1. The summed E-state index contributed by atoms with van der Waals surface area (Å²) in [6.45, 7) is 6.15. The molecule has 0 radical (unpaired) electrons. The first kappa shape index (κ1) is 20.1. The van der Waals surface area contributed by atoms with Gasteiger partial charge in [0.1, 0.15) is 10.8 Å². The lowest BCUT2D eigenvalue weighted by Crippen LogP contribution is -2.37. The number of nitrogens with zero attached hydrogens (tertiary/aromatic N) is 1. The summed E-state index contributed by atoms with van der Waals surface area (Å²) in [6, 6.07) is 3.87. The number of thiazole rings is 1. The van der Waals surface area contributed by atoms with Gasteiger partial charge in [-0.25, -0.2) is 13.4 Å². The summed E-state index contributed by atoms with van der Waals surface area (Å²) in [7, 11) is -3.53. The number of amides is 1. The Morgan fingerprint density at radius 2 is 2.00 bits per heavy atom. The fourth-order valence-corrected chi connectivity index (χ4v) is 5.26. The van der Waals surface area contributed by atoms with Gasteiger partial charge in [-0.3, -0.25) is 4.79 Å². The van der Waals surface area contributed by atoms with Crippen molar-refractivity contribution in [1.82, 2.24) is 10.3 Å². The molecule has 1 atom stereocenters. The van der Waals surface area contributed by atoms with Gasteiger partial charge in [-0.1, -0.05) is 19.9 Å². The zero-order chi connectivity index (χ0) is 18.4. The standard InChI is InChI=1S/C17H24N2O3S3/c1-12(2)6-7-13(3)18-16(20)11-25(21,22)10-14-9-24-17(19-14)15-5-4-8-23-15/h4-5,8-9,12-13H,6-7,10-11H2,1-3H3,(H,18,20)/t13-/m0/s1. The van der Waals surface area contributed by atoms with E-state index in [4.69, 9.17) is 0 Å². The number of aromatic nitrogens is 1. The molecular weight excluding hydrogens is 376 g/mol. The Morgan fingerprint density at radius 1 is 1.24 bits per heavy atom. The minimum absolute atomic E-state index is 0.0187. The van der Waals surface area contributed by atoms with E-state index < -0.39 is 21.5 Å². The van der Waals surface area contributed by atoms with Crippen LogP contribution in [-0.4, -0.2) is 31.1 Å². The molecule has 0 unspecified atom stereocenters. The molecule has 2 aromatic heterocycles. The summed E-state index contributed by atoms with van der Waals surface area (Å²) < 4.78 is 24.5. The maximum absolute atomic E-state index is 12.3. The van der Waals surface area contributed by atoms with Gasteiger partial charge in [-0.05, 0) is 37.1 Å². The van der Waals surface area contributed by atoms with Crippen LogP contribution in [0.4, 0.5) is 0 Å². The van der Waals surface area contributed by atoms with Crippen LogP contribution in [0.2, 0.25) is 0 Å². The van der Waals surface area contributed by atoms with Crippen LogP contribution in [-0.2, 0) is 20.4 Å². The Bertz CT molecular complexity index is 780. The van der Waals surface area contributed by atoms with Crippen molar-refractivity contribution in [3.8, 4) is 9.88 Å². The van der Waals surface area contributed by atoms with Crippen molar-refractivity contribution >= 4 is 38.4 Å². The lowest BCUT2D eigenvalue weighted by Gasteiger charge is -2.15.